The van der Waals surface area contributed by atoms with Gasteiger partial charge in [0.1, 0.15) is 12.1 Å². The summed E-state index contributed by atoms with van der Waals surface area (Å²) in [5.41, 5.74) is 18.0. The van der Waals surface area contributed by atoms with Gasteiger partial charge in [0.05, 0.1) is 6.04 Å². The summed E-state index contributed by atoms with van der Waals surface area (Å²) in [7, 11) is 0. The Labute approximate surface area is 191 Å². The van der Waals surface area contributed by atoms with E-state index < -0.39 is 41.8 Å². The maximum atomic E-state index is 13.0. The molecule has 10 N–H and O–H groups in total. The average molecular weight is 461 g/mol. The van der Waals surface area contributed by atoms with Gasteiger partial charge in [0.15, 0.2) is 0 Å². The highest BCUT2D eigenvalue weighted by molar-refractivity contribution is 5.93. The zero-order valence-electron chi connectivity index (χ0n) is 18.4. The number of carbonyl (C=O) groups is 4. The first kappa shape index (κ1) is 25.8. The average Bonchev–Trinajstić information content (AvgIpc) is 3.18. The van der Waals surface area contributed by atoms with Gasteiger partial charge >= 0.3 is 5.97 Å². The molecular formula is C22H32N6O5. The normalized spacial score (nSPS) is 13.8. The molecule has 0 bridgehead atoms. The Kier molecular flexibility index (Phi) is 9.83. The molecule has 11 nitrogen and oxygen atoms in total. The minimum atomic E-state index is -1.17. The van der Waals surface area contributed by atoms with Crippen molar-refractivity contribution in [2.75, 3.05) is 6.54 Å². The number of nitrogens with one attached hydrogen (secondary N) is 3. The number of rotatable bonds is 14. The summed E-state index contributed by atoms with van der Waals surface area (Å²) in [6.45, 7) is 0.419. The van der Waals surface area contributed by atoms with Gasteiger partial charge in [-0.15, -0.1) is 0 Å². The van der Waals surface area contributed by atoms with E-state index in [4.69, 9.17) is 17.2 Å². The predicted molar refractivity (Wildman–Crippen MR) is 123 cm³/mol. The summed E-state index contributed by atoms with van der Waals surface area (Å²) in [6.07, 6.45) is 3.17. The van der Waals surface area contributed by atoms with Crippen LogP contribution < -0.4 is 27.8 Å². The van der Waals surface area contributed by atoms with E-state index in [1.54, 1.807) is 6.20 Å². The van der Waals surface area contributed by atoms with Gasteiger partial charge in [-0.3, -0.25) is 14.4 Å². The summed E-state index contributed by atoms with van der Waals surface area (Å²) in [4.78, 5) is 51.3. The highest BCUT2D eigenvalue weighted by Gasteiger charge is 2.28. The van der Waals surface area contributed by atoms with E-state index in [9.17, 15) is 24.3 Å². The zero-order chi connectivity index (χ0) is 24.4. The lowest BCUT2D eigenvalue weighted by atomic mass is 10.0. The topological polar surface area (TPSA) is 206 Å². The van der Waals surface area contributed by atoms with Crippen molar-refractivity contribution >= 4 is 34.6 Å². The zero-order valence-corrected chi connectivity index (χ0v) is 18.4. The number of H-pyrrole nitrogens is 1. The molecule has 2 rings (SSSR count). The van der Waals surface area contributed by atoms with Crippen LogP contribution in [0, 0.1) is 0 Å². The smallest absolute Gasteiger partial charge is 0.326 e. The molecule has 1 aromatic carbocycles. The van der Waals surface area contributed by atoms with Crippen LogP contribution in [0.15, 0.2) is 30.5 Å². The molecule has 0 fully saturated rings. The molecule has 3 unspecified atom stereocenters. The number of fused-ring (bicyclic) bond motifs is 1. The summed E-state index contributed by atoms with van der Waals surface area (Å²) >= 11 is 0. The Hall–Kier alpha value is -3.44. The molecule has 1 aromatic heterocycles. The van der Waals surface area contributed by atoms with Crippen molar-refractivity contribution in [2.45, 2.75) is 56.7 Å². The van der Waals surface area contributed by atoms with Gasteiger partial charge in [0.2, 0.25) is 17.7 Å². The van der Waals surface area contributed by atoms with Gasteiger partial charge in [-0.2, -0.15) is 0 Å². The number of primary amides is 1. The summed E-state index contributed by atoms with van der Waals surface area (Å²) in [6, 6.07) is 4.24. The summed E-state index contributed by atoms with van der Waals surface area (Å²) in [5, 5.41) is 15.5. The number of carbonyl (C=O) groups excluding carboxylic acids is 3. The second-order valence-electron chi connectivity index (χ2n) is 7.92. The number of benzene rings is 1. The Balaban J connectivity index is 2.19. The van der Waals surface area contributed by atoms with Gasteiger partial charge in [-0.25, -0.2) is 4.79 Å². The lowest BCUT2D eigenvalue weighted by molar-refractivity contribution is -0.142. The standard InChI is InChI=1S/C22H32N6O5/c23-10-4-3-7-17(22(32)33)27-21(31)18(28-20(30)15(24)8-9-19(25)29)11-13-12-26-16-6-2-1-5-14(13)16/h1-2,5-6,12,15,17-18,26H,3-4,7-11,23-24H2,(H2,25,29)(H,27,31)(H,28,30)(H,32,33). The number of amides is 3. The van der Waals surface area contributed by atoms with E-state index in [0.717, 1.165) is 16.5 Å². The molecule has 33 heavy (non-hydrogen) atoms. The predicted octanol–water partition coefficient (Wildman–Crippen LogP) is -0.514. The third-order valence-corrected chi connectivity index (χ3v) is 5.33. The molecule has 0 aliphatic rings. The van der Waals surface area contributed by atoms with Crippen molar-refractivity contribution in [3.63, 3.8) is 0 Å². The lowest BCUT2D eigenvalue weighted by Gasteiger charge is -2.23. The van der Waals surface area contributed by atoms with E-state index in [2.05, 4.69) is 15.6 Å². The maximum Gasteiger partial charge on any atom is 0.326 e. The molecule has 180 valence electrons. The molecule has 0 saturated carbocycles. The van der Waals surface area contributed by atoms with Gasteiger partial charge in [0.25, 0.3) is 0 Å². The second kappa shape index (κ2) is 12.6. The number of aromatic amines is 1. The number of aliphatic carboxylic acids is 1. The third-order valence-electron chi connectivity index (χ3n) is 5.33. The number of nitrogens with two attached hydrogens (primary N) is 3. The van der Waals surface area contributed by atoms with Crippen LogP contribution in [-0.2, 0) is 25.6 Å². The number of carboxylic acid groups (broad SMARTS) is 1. The van der Waals surface area contributed by atoms with Crippen LogP contribution in [0.4, 0.5) is 0 Å². The molecule has 0 saturated heterocycles. The highest BCUT2D eigenvalue weighted by Crippen LogP contribution is 2.19. The highest BCUT2D eigenvalue weighted by atomic mass is 16.4. The number of hydrogen-bond donors (Lipinski definition) is 7. The molecule has 0 radical (unpaired) electrons. The molecule has 0 spiro atoms. The van der Waals surface area contributed by atoms with Crippen LogP contribution in [0.3, 0.4) is 0 Å². The monoisotopic (exact) mass is 460 g/mol. The first-order valence-corrected chi connectivity index (χ1v) is 10.9. The third kappa shape index (κ3) is 7.88. The molecule has 0 aliphatic carbocycles. The van der Waals surface area contributed by atoms with E-state index in [1.165, 1.54) is 0 Å². The molecule has 2 aromatic rings. The summed E-state index contributed by atoms with van der Waals surface area (Å²) in [5.74, 6) is -3.04. The Bertz CT molecular complexity index is 975. The van der Waals surface area contributed by atoms with Crippen molar-refractivity contribution in [3.8, 4) is 0 Å². The van der Waals surface area contributed by atoms with Crippen LogP contribution >= 0.6 is 0 Å². The van der Waals surface area contributed by atoms with Gasteiger partial charge in [-0.1, -0.05) is 18.2 Å². The SMILES string of the molecule is NCCCCC(NC(=O)C(Cc1c[nH]c2ccccc12)NC(=O)C(N)CCC(N)=O)C(=O)O. The molecule has 11 heteroatoms. The van der Waals surface area contributed by atoms with Crippen LogP contribution in [0.1, 0.15) is 37.7 Å². The Morgan fingerprint density at radius 2 is 1.70 bits per heavy atom. The fourth-order valence-corrected chi connectivity index (χ4v) is 3.46. The van der Waals surface area contributed by atoms with E-state index >= 15 is 0 Å². The van der Waals surface area contributed by atoms with E-state index in [-0.39, 0.29) is 25.7 Å². The quantitative estimate of drug-likeness (QED) is 0.183. The number of hydrogen-bond acceptors (Lipinski definition) is 6. The van der Waals surface area contributed by atoms with Crippen LogP contribution in [0.5, 0.6) is 0 Å². The van der Waals surface area contributed by atoms with Crippen LogP contribution in [-0.4, -0.2) is 58.5 Å². The summed E-state index contributed by atoms with van der Waals surface area (Å²) < 4.78 is 0. The minimum absolute atomic E-state index is 0.0272. The number of unbranched alkanes of at least 4 members (excludes halogenated alkanes) is 1. The van der Waals surface area contributed by atoms with Crippen molar-refractivity contribution < 1.29 is 24.3 Å². The van der Waals surface area contributed by atoms with Gasteiger partial charge < -0.3 is 37.9 Å². The lowest BCUT2D eigenvalue weighted by Crippen LogP contribution is -2.55. The maximum absolute atomic E-state index is 13.0. The van der Waals surface area contributed by atoms with Crippen molar-refractivity contribution in [1.82, 2.24) is 15.6 Å². The molecule has 0 aliphatic heterocycles. The number of para-hydroxylation sites is 1. The van der Waals surface area contributed by atoms with Gasteiger partial charge in [-0.05, 0) is 43.9 Å². The largest absolute Gasteiger partial charge is 0.480 e. The number of carboxylic acids is 1. The Morgan fingerprint density at radius 1 is 1.00 bits per heavy atom. The van der Waals surface area contributed by atoms with Crippen LogP contribution in [0.2, 0.25) is 0 Å². The van der Waals surface area contributed by atoms with Crippen LogP contribution in [0.25, 0.3) is 10.9 Å². The van der Waals surface area contributed by atoms with Crippen molar-refractivity contribution in [3.05, 3.63) is 36.0 Å². The van der Waals surface area contributed by atoms with E-state index in [0.29, 0.717) is 19.4 Å². The minimum Gasteiger partial charge on any atom is -0.480 e. The first-order chi connectivity index (χ1) is 15.7. The fraction of sp³-hybridized carbons (Fsp3) is 0.455. The Morgan fingerprint density at radius 3 is 2.36 bits per heavy atom. The molecule has 1 heterocycles. The molecule has 3 amide bonds. The number of aromatic nitrogens is 1. The van der Waals surface area contributed by atoms with Crippen molar-refractivity contribution in [1.29, 1.82) is 0 Å². The fourth-order valence-electron chi connectivity index (χ4n) is 3.46. The van der Waals surface area contributed by atoms with E-state index in [1.807, 2.05) is 24.3 Å². The molecular weight excluding hydrogens is 428 g/mol. The first-order valence-electron chi connectivity index (χ1n) is 10.9. The second-order valence-corrected chi connectivity index (χ2v) is 7.92. The van der Waals surface area contributed by atoms with Gasteiger partial charge in [0, 0.05) is 29.9 Å². The molecule has 3 atom stereocenters. The van der Waals surface area contributed by atoms with Crippen molar-refractivity contribution in [2.24, 2.45) is 17.2 Å².